The summed E-state index contributed by atoms with van der Waals surface area (Å²) in [6.07, 6.45) is 0.817. The predicted molar refractivity (Wildman–Crippen MR) is 87.4 cm³/mol. The van der Waals surface area contributed by atoms with E-state index < -0.39 is 21.7 Å². The third-order valence-corrected chi connectivity index (χ3v) is 5.99. The van der Waals surface area contributed by atoms with Crippen LogP contribution in [0.3, 0.4) is 0 Å². The summed E-state index contributed by atoms with van der Waals surface area (Å²) >= 11 is 5.95. The summed E-state index contributed by atoms with van der Waals surface area (Å²) in [6.45, 7) is 4.27. The highest BCUT2D eigenvalue weighted by Crippen LogP contribution is 2.41. The zero-order valence-corrected chi connectivity index (χ0v) is 14.3. The Morgan fingerprint density at radius 2 is 2.05 bits per heavy atom. The number of benzene rings is 1. The maximum absolute atomic E-state index is 12.0. The van der Waals surface area contributed by atoms with Crippen LogP contribution in [0.2, 0.25) is 5.02 Å². The molecule has 0 aliphatic heterocycles. The number of carbonyl (C=O) groups excluding carboxylic acids is 1. The number of sulfonamides is 1. The molecule has 0 bridgehead atoms. The second-order valence-corrected chi connectivity index (χ2v) is 7.82. The molecular formula is C15H21ClN2O3S. The van der Waals surface area contributed by atoms with Crippen molar-refractivity contribution in [3.05, 3.63) is 34.9 Å². The smallest absolute Gasteiger partial charge is 0.236 e. The topological polar surface area (TPSA) is 66.5 Å². The number of nitrogens with one attached hydrogen (secondary N) is 1. The summed E-state index contributed by atoms with van der Waals surface area (Å²) in [5.41, 5.74) is 1.07. The monoisotopic (exact) mass is 344 g/mol. The molecule has 1 N–H and O–H groups in total. The second-order valence-electron chi connectivity index (χ2n) is 5.41. The second kappa shape index (κ2) is 6.98. The highest BCUT2D eigenvalue weighted by Gasteiger charge is 2.40. The molecule has 0 spiro atoms. The first kappa shape index (κ1) is 17.2. The molecule has 1 aliphatic rings. The molecule has 2 rings (SSSR count). The van der Waals surface area contributed by atoms with Crippen molar-refractivity contribution in [2.45, 2.75) is 32.2 Å². The quantitative estimate of drug-likeness (QED) is 0.822. The fourth-order valence-electron chi connectivity index (χ4n) is 2.58. The van der Waals surface area contributed by atoms with E-state index in [0.717, 1.165) is 12.0 Å². The molecule has 1 amide bonds. The maximum Gasteiger partial charge on any atom is 0.236 e. The third-order valence-electron chi connectivity index (χ3n) is 3.83. The Kier molecular flexibility index (Phi) is 5.47. The summed E-state index contributed by atoms with van der Waals surface area (Å²) in [7, 11) is -3.53. The highest BCUT2D eigenvalue weighted by atomic mass is 35.5. The molecule has 2 atom stereocenters. The Balaban J connectivity index is 1.89. The van der Waals surface area contributed by atoms with E-state index in [1.54, 1.807) is 19.9 Å². The van der Waals surface area contributed by atoms with Crippen LogP contribution in [-0.4, -0.2) is 43.5 Å². The minimum atomic E-state index is -3.53. The van der Waals surface area contributed by atoms with E-state index >= 15 is 0 Å². The SMILES string of the molecule is CCN(CC)S(=O)(=O)CC(=O)NC1CC1c1cccc(Cl)c1. The van der Waals surface area contributed by atoms with Crippen molar-refractivity contribution in [3.8, 4) is 0 Å². The zero-order chi connectivity index (χ0) is 16.3. The van der Waals surface area contributed by atoms with Crippen LogP contribution in [0.1, 0.15) is 31.7 Å². The molecular weight excluding hydrogens is 324 g/mol. The van der Waals surface area contributed by atoms with Crippen LogP contribution in [0.25, 0.3) is 0 Å². The van der Waals surface area contributed by atoms with E-state index in [-0.39, 0.29) is 12.0 Å². The molecule has 122 valence electrons. The van der Waals surface area contributed by atoms with Gasteiger partial charge in [0.05, 0.1) is 0 Å². The fourth-order valence-corrected chi connectivity index (χ4v) is 4.17. The van der Waals surface area contributed by atoms with E-state index in [9.17, 15) is 13.2 Å². The van der Waals surface area contributed by atoms with E-state index in [0.29, 0.717) is 18.1 Å². The Bertz CT molecular complexity index is 644. The van der Waals surface area contributed by atoms with E-state index in [4.69, 9.17) is 11.6 Å². The average Bonchev–Trinajstić information content (AvgIpc) is 3.18. The van der Waals surface area contributed by atoms with Crippen LogP contribution in [0.4, 0.5) is 0 Å². The van der Waals surface area contributed by atoms with Crippen LogP contribution < -0.4 is 5.32 Å². The Morgan fingerprint density at radius 1 is 1.36 bits per heavy atom. The molecule has 0 aromatic heterocycles. The van der Waals surface area contributed by atoms with Crippen molar-refractivity contribution in [1.82, 2.24) is 9.62 Å². The fraction of sp³-hybridized carbons (Fsp3) is 0.533. The van der Waals surface area contributed by atoms with Gasteiger partial charge in [-0.25, -0.2) is 12.7 Å². The Labute approximate surface area is 136 Å². The van der Waals surface area contributed by atoms with Crippen molar-refractivity contribution in [2.75, 3.05) is 18.8 Å². The first-order chi connectivity index (χ1) is 10.4. The number of nitrogens with zero attached hydrogens (tertiary/aromatic N) is 1. The first-order valence-electron chi connectivity index (χ1n) is 7.40. The Morgan fingerprint density at radius 3 is 2.64 bits per heavy atom. The van der Waals surface area contributed by atoms with Crippen molar-refractivity contribution in [2.24, 2.45) is 0 Å². The van der Waals surface area contributed by atoms with Crippen LogP contribution in [-0.2, 0) is 14.8 Å². The lowest BCUT2D eigenvalue weighted by molar-refractivity contribution is -0.118. The lowest BCUT2D eigenvalue weighted by atomic mass is 10.1. The van der Waals surface area contributed by atoms with Crippen LogP contribution in [0.5, 0.6) is 0 Å². The van der Waals surface area contributed by atoms with Gasteiger partial charge in [-0.05, 0) is 24.1 Å². The van der Waals surface area contributed by atoms with Gasteiger partial charge in [-0.2, -0.15) is 0 Å². The van der Waals surface area contributed by atoms with Gasteiger partial charge in [0, 0.05) is 30.1 Å². The number of hydrogen-bond acceptors (Lipinski definition) is 3. The first-order valence-corrected chi connectivity index (χ1v) is 9.38. The van der Waals surface area contributed by atoms with Gasteiger partial charge in [-0.1, -0.05) is 37.6 Å². The van der Waals surface area contributed by atoms with Crippen LogP contribution in [0, 0.1) is 0 Å². The number of rotatable bonds is 7. The molecule has 1 saturated carbocycles. The summed E-state index contributed by atoms with van der Waals surface area (Å²) in [5, 5.41) is 3.46. The molecule has 7 heteroatoms. The minimum Gasteiger partial charge on any atom is -0.352 e. The number of carbonyl (C=O) groups is 1. The number of halogens is 1. The van der Waals surface area contributed by atoms with Gasteiger partial charge in [-0.3, -0.25) is 4.79 Å². The molecule has 1 aromatic carbocycles. The van der Waals surface area contributed by atoms with Crippen molar-refractivity contribution in [1.29, 1.82) is 0 Å². The number of amides is 1. The molecule has 2 unspecified atom stereocenters. The molecule has 0 radical (unpaired) electrons. The standard InChI is InChI=1S/C15H21ClN2O3S/c1-3-18(4-2)22(20,21)10-15(19)17-14-9-13(14)11-6-5-7-12(16)8-11/h5-8,13-14H,3-4,9-10H2,1-2H3,(H,17,19). The lowest BCUT2D eigenvalue weighted by Gasteiger charge is -2.17. The number of hydrogen-bond donors (Lipinski definition) is 1. The van der Waals surface area contributed by atoms with Crippen molar-refractivity contribution in [3.63, 3.8) is 0 Å². The summed E-state index contributed by atoms with van der Waals surface area (Å²) in [6, 6.07) is 7.52. The average molecular weight is 345 g/mol. The summed E-state index contributed by atoms with van der Waals surface area (Å²) in [4.78, 5) is 11.9. The van der Waals surface area contributed by atoms with Crippen molar-refractivity contribution < 1.29 is 13.2 Å². The normalized spacial score (nSPS) is 20.9. The molecule has 0 saturated heterocycles. The predicted octanol–water partition coefficient (Wildman–Crippen LogP) is 1.98. The van der Waals surface area contributed by atoms with Crippen LogP contribution in [0.15, 0.2) is 24.3 Å². The zero-order valence-electron chi connectivity index (χ0n) is 12.8. The van der Waals surface area contributed by atoms with Gasteiger partial charge >= 0.3 is 0 Å². The molecule has 1 aliphatic carbocycles. The van der Waals surface area contributed by atoms with Crippen molar-refractivity contribution >= 4 is 27.5 Å². The third kappa shape index (κ3) is 4.21. The molecule has 5 nitrogen and oxygen atoms in total. The van der Waals surface area contributed by atoms with Crippen LogP contribution >= 0.6 is 11.6 Å². The summed E-state index contributed by atoms with van der Waals surface area (Å²) in [5.74, 6) is -0.715. The molecule has 0 heterocycles. The van der Waals surface area contributed by atoms with E-state index in [1.807, 2.05) is 18.2 Å². The van der Waals surface area contributed by atoms with Gasteiger partial charge in [0.2, 0.25) is 15.9 Å². The highest BCUT2D eigenvalue weighted by molar-refractivity contribution is 7.89. The van der Waals surface area contributed by atoms with Gasteiger partial charge in [0.15, 0.2) is 0 Å². The lowest BCUT2D eigenvalue weighted by Crippen LogP contribution is -2.40. The van der Waals surface area contributed by atoms with Gasteiger partial charge in [0.1, 0.15) is 5.75 Å². The van der Waals surface area contributed by atoms with Gasteiger partial charge < -0.3 is 5.32 Å². The maximum atomic E-state index is 12.0. The largest absolute Gasteiger partial charge is 0.352 e. The summed E-state index contributed by atoms with van der Waals surface area (Å²) < 4.78 is 25.4. The molecule has 1 aromatic rings. The van der Waals surface area contributed by atoms with E-state index in [1.165, 1.54) is 4.31 Å². The van der Waals surface area contributed by atoms with Gasteiger partial charge in [0.25, 0.3) is 0 Å². The molecule has 1 fully saturated rings. The Hall–Kier alpha value is -1.11. The van der Waals surface area contributed by atoms with Gasteiger partial charge in [-0.15, -0.1) is 0 Å². The molecule has 22 heavy (non-hydrogen) atoms. The minimum absolute atomic E-state index is 0.00197. The van der Waals surface area contributed by atoms with E-state index in [2.05, 4.69) is 5.32 Å².